The van der Waals surface area contributed by atoms with E-state index in [1.165, 1.54) is 0 Å². The normalized spacial score (nSPS) is 10.1. The van der Waals surface area contributed by atoms with Gasteiger partial charge in [0.15, 0.2) is 5.82 Å². The van der Waals surface area contributed by atoms with Crippen molar-refractivity contribution in [1.82, 2.24) is 19.9 Å². The summed E-state index contributed by atoms with van der Waals surface area (Å²) in [7, 11) is 0. The molecule has 2 N–H and O–H groups in total. The summed E-state index contributed by atoms with van der Waals surface area (Å²) in [6.07, 6.45) is 3.37. The summed E-state index contributed by atoms with van der Waals surface area (Å²) in [5.41, 5.74) is 6.41. The van der Waals surface area contributed by atoms with Crippen molar-refractivity contribution in [3.8, 4) is 11.4 Å². The average Bonchev–Trinajstić information content (AvgIpc) is 2.18. The Morgan fingerprint density at radius 3 is 2.43 bits per heavy atom. The summed E-state index contributed by atoms with van der Waals surface area (Å²) in [6, 6.07) is 3.66. The molecular formula is C9H9N5. The number of nitrogens with two attached hydrogens (primary N) is 1. The zero-order valence-electron chi connectivity index (χ0n) is 7.68. The van der Waals surface area contributed by atoms with E-state index in [0.29, 0.717) is 11.6 Å². The maximum atomic E-state index is 5.52. The maximum absolute atomic E-state index is 5.52. The fourth-order valence-electron chi connectivity index (χ4n) is 1.13. The molecule has 2 heterocycles. The minimum Gasteiger partial charge on any atom is -0.368 e. The van der Waals surface area contributed by atoms with E-state index in [9.17, 15) is 0 Å². The van der Waals surface area contributed by atoms with Crippen LogP contribution in [0.3, 0.4) is 0 Å². The molecule has 0 saturated carbocycles. The molecule has 0 saturated heterocycles. The highest BCUT2D eigenvalue weighted by molar-refractivity contribution is 5.54. The van der Waals surface area contributed by atoms with Crippen molar-refractivity contribution < 1.29 is 0 Å². The standard InChI is InChI=1S/C9H9N5/c1-6-12-8(14-9(10)13-6)7-2-4-11-5-3-7/h2-5H,1H3,(H2,10,12,13,14). The number of pyridine rings is 1. The lowest BCUT2D eigenvalue weighted by Gasteiger charge is -2.00. The highest BCUT2D eigenvalue weighted by Gasteiger charge is 2.02. The molecule has 0 aliphatic carbocycles. The van der Waals surface area contributed by atoms with Crippen LogP contribution in [0.2, 0.25) is 0 Å². The molecule has 5 nitrogen and oxygen atoms in total. The van der Waals surface area contributed by atoms with E-state index < -0.39 is 0 Å². The smallest absolute Gasteiger partial charge is 0.223 e. The van der Waals surface area contributed by atoms with Crippen molar-refractivity contribution >= 4 is 5.95 Å². The molecule has 0 aliphatic rings. The van der Waals surface area contributed by atoms with Gasteiger partial charge in [0.25, 0.3) is 0 Å². The quantitative estimate of drug-likeness (QED) is 0.715. The first-order valence-electron chi connectivity index (χ1n) is 4.14. The number of hydrogen-bond acceptors (Lipinski definition) is 5. The van der Waals surface area contributed by atoms with Gasteiger partial charge >= 0.3 is 0 Å². The van der Waals surface area contributed by atoms with Crippen LogP contribution >= 0.6 is 0 Å². The zero-order valence-corrected chi connectivity index (χ0v) is 7.68. The van der Waals surface area contributed by atoms with Crippen LogP contribution < -0.4 is 5.73 Å². The van der Waals surface area contributed by atoms with Gasteiger partial charge in [-0.1, -0.05) is 0 Å². The van der Waals surface area contributed by atoms with Crippen molar-refractivity contribution in [2.75, 3.05) is 5.73 Å². The highest BCUT2D eigenvalue weighted by atomic mass is 15.1. The second-order valence-corrected chi connectivity index (χ2v) is 2.80. The lowest BCUT2D eigenvalue weighted by atomic mass is 10.2. The van der Waals surface area contributed by atoms with Crippen LogP contribution in [0.25, 0.3) is 11.4 Å². The third kappa shape index (κ3) is 1.66. The van der Waals surface area contributed by atoms with Crippen molar-refractivity contribution in [1.29, 1.82) is 0 Å². The minimum atomic E-state index is 0.240. The number of anilines is 1. The molecule has 0 aromatic carbocycles. The van der Waals surface area contributed by atoms with Gasteiger partial charge in [-0.15, -0.1) is 0 Å². The molecule has 0 fully saturated rings. The molecule has 2 rings (SSSR count). The SMILES string of the molecule is Cc1nc(N)nc(-c2ccncc2)n1. The number of nitrogen functional groups attached to an aromatic ring is 1. The summed E-state index contributed by atoms with van der Waals surface area (Å²) in [6.45, 7) is 1.78. The maximum Gasteiger partial charge on any atom is 0.223 e. The van der Waals surface area contributed by atoms with E-state index in [4.69, 9.17) is 5.73 Å². The molecule has 0 spiro atoms. The van der Waals surface area contributed by atoms with Crippen LogP contribution in [0.1, 0.15) is 5.82 Å². The summed E-state index contributed by atoms with van der Waals surface area (Å²) < 4.78 is 0. The average molecular weight is 187 g/mol. The minimum absolute atomic E-state index is 0.240. The Morgan fingerprint density at radius 1 is 1.07 bits per heavy atom. The predicted octanol–water partition coefficient (Wildman–Crippen LogP) is 0.824. The van der Waals surface area contributed by atoms with Gasteiger partial charge in [-0.2, -0.15) is 9.97 Å². The van der Waals surface area contributed by atoms with Gasteiger partial charge in [0.1, 0.15) is 5.82 Å². The Bertz CT molecular complexity index is 420. The topological polar surface area (TPSA) is 77.6 Å². The van der Waals surface area contributed by atoms with Crippen LogP contribution in [0, 0.1) is 6.92 Å². The third-order valence-corrected chi connectivity index (χ3v) is 1.70. The summed E-state index contributed by atoms with van der Waals surface area (Å²) in [4.78, 5) is 16.0. The number of aryl methyl sites for hydroxylation is 1. The fourth-order valence-corrected chi connectivity index (χ4v) is 1.13. The molecule has 0 unspecified atom stereocenters. The Kier molecular flexibility index (Phi) is 2.06. The van der Waals surface area contributed by atoms with Gasteiger partial charge in [0, 0.05) is 18.0 Å². The van der Waals surface area contributed by atoms with Gasteiger partial charge in [-0.3, -0.25) is 4.98 Å². The molecule has 0 atom stereocenters. The third-order valence-electron chi connectivity index (χ3n) is 1.70. The van der Waals surface area contributed by atoms with E-state index in [2.05, 4.69) is 19.9 Å². The first kappa shape index (κ1) is 8.55. The van der Waals surface area contributed by atoms with Crippen LogP contribution in [0.4, 0.5) is 5.95 Å². The van der Waals surface area contributed by atoms with E-state index in [-0.39, 0.29) is 5.95 Å². The first-order valence-corrected chi connectivity index (χ1v) is 4.14. The second-order valence-electron chi connectivity index (χ2n) is 2.80. The Balaban J connectivity index is 2.52. The van der Waals surface area contributed by atoms with E-state index in [1.54, 1.807) is 19.3 Å². The fraction of sp³-hybridized carbons (Fsp3) is 0.111. The van der Waals surface area contributed by atoms with Crippen molar-refractivity contribution in [2.24, 2.45) is 0 Å². The number of hydrogen-bond donors (Lipinski definition) is 1. The number of rotatable bonds is 1. The Hall–Kier alpha value is -2.04. The largest absolute Gasteiger partial charge is 0.368 e. The first-order chi connectivity index (χ1) is 6.75. The molecule has 70 valence electrons. The zero-order chi connectivity index (χ0) is 9.97. The second kappa shape index (κ2) is 3.37. The number of aromatic nitrogens is 4. The van der Waals surface area contributed by atoms with Crippen molar-refractivity contribution in [3.05, 3.63) is 30.4 Å². The Labute approximate surface area is 81.1 Å². The van der Waals surface area contributed by atoms with Crippen molar-refractivity contribution in [3.63, 3.8) is 0 Å². The predicted molar refractivity (Wildman–Crippen MR) is 52.2 cm³/mol. The molecule has 2 aromatic rings. The molecular weight excluding hydrogens is 178 g/mol. The van der Waals surface area contributed by atoms with Crippen LogP contribution in [0.5, 0.6) is 0 Å². The molecule has 0 radical (unpaired) electrons. The van der Waals surface area contributed by atoms with Gasteiger partial charge in [-0.25, -0.2) is 4.98 Å². The summed E-state index contributed by atoms with van der Waals surface area (Å²) in [5, 5.41) is 0. The lowest BCUT2D eigenvalue weighted by molar-refractivity contribution is 0.996. The molecule has 0 amide bonds. The van der Waals surface area contributed by atoms with E-state index in [0.717, 1.165) is 5.56 Å². The van der Waals surface area contributed by atoms with Crippen LogP contribution in [0.15, 0.2) is 24.5 Å². The van der Waals surface area contributed by atoms with Crippen molar-refractivity contribution in [2.45, 2.75) is 6.92 Å². The number of nitrogens with zero attached hydrogens (tertiary/aromatic N) is 4. The molecule has 0 bridgehead atoms. The Morgan fingerprint density at radius 2 is 1.79 bits per heavy atom. The molecule has 2 aromatic heterocycles. The highest BCUT2D eigenvalue weighted by Crippen LogP contribution is 2.13. The molecule has 5 heteroatoms. The molecule has 14 heavy (non-hydrogen) atoms. The van der Waals surface area contributed by atoms with E-state index >= 15 is 0 Å². The monoisotopic (exact) mass is 187 g/mol. The summed E-state index contributed by atoms with van der Waals surface area (Å²) in [5.74, 6) is 1.44. The van der Waals surface area contributed by atoms with Gasteiger partial charge < -0.3 is 5.73 Å². The molecule has 0 aliphatic heterocycles. The van der Waals surface area contributed by atoms with E-state index in [1.807, 2.05) is 12.1 Å². The van der Waals surface area contributed by atoms with Gasteiger partial charge in [0.05, 0.1) is 0 Å². The lowest BCUT2D eigenvalue weighted by Crippen LogP contribution is -2.01. The van der Waals surface area contributed by atoms with Gasteiger partial charge in [0.2, 0.25) is 5.95 Å². The van der Waals surface area contributed by atoms with Crippen LogP contribution in [-0.4, -0.2) is 19.9 Å². The van der Waals surface area contributed by atoms with Gasteiger partial charge in [-0.05, 0) is 19.1 Å². The summed E-state index contributed by atoms with van der Waals surface area (Å²) >= 11 is 0. The van der Waals surface area contributed by atoms with Crippen LogP contribution in [-0.2, 0) is 0 Å².